The number of carbonyl (C=O) groups excluding carboxylic acids is 1. The number of alkyl halides is 3. The van der Waals surface area contributed by atoms with Gasteiger partial charge in [-0.3, -0.25) is 9.78 Å². The summed E-state index contributed by atoms with van der Waals surface area (Å²) in [5, 5.41) is 7.12. The van der Waals surface area contributed by atoms with Gasteiger partial charge < -0.3 is 20.5 Å². The third-order valence-corrected chi connectivity index (χ3v) is 4.33. The first-order valence-electron chi connectivity index (χ1n) is 9.44. The second kappa shape index (κ2) is 10.7. The molecule has 3 heterocycles. The Balaban J connectivity index is 0.000000423. The number of amides is 1. The van der Waals surface area contributed by atoms with Crippen molar-refractivity contribution < 1.29 is 32.6 Å². The zero-order valence-corrected chi connectivity index (χ0v) is 16.8. The zero-order valence-electron chi connectivity index (χ0n) is 16.8. The van der Waals surface area contributed by atoms with Crippen molar-refractivity contribution in [2.75, 3.05) is 13.1 Å². The van der Waals surface area contributed by atoms with Gasteiger partial charge in [-0.25, -0.2) is 9.78 Å². The normalized spacial score (nSPS) is 16.2. The number of likely N-dealkylation sites (tertiary alicyclic amines) is 1. The Morgan fingerprint density at radius 2 is 2.06 bits per heavy atom. The smallest absolute Gasteiger partial charge is 0.475 e. The number of aliphatic carboxylic acids is 1. The fourth-order valence-electron chi connectivity index (χ4n) is 2.95. The van der Waals surface area contributed by atoms with Crippen molar-refractivity contribution in [3.8, 4) is 5.88 Å². The topological polar surface area (TPSA) is 119 Å². The Morgan fingerprint density at radius 3 is 2.65 bits per heavy atom. The lowest BCUT2D eigenvalue weighted by molar-refractivity contribution is -0.192. The number of hydrogen-bond acceptors (Lipinski definition) is 6. The van der Waals surface area contributed by atoms with Gasteiger partial charge in [0.15, 0.2) is 0 Å². The number of aryl methyl sites for hydroxylation is 1. The van der Waals surface area contributed by atoms with Gasteiger partial charge in [0.1, 0.15) is 6.10 Å². The molecule has 0 radical (unpaired) electrons. The molecular formula is C20H23F3N4O4. The molecule has 0 aromatic carbocycles. The molecule has 11 heteroatoms. The third kappa shape index (κ3) is 7.52. The van der Waals surface area contributed by atoms with Crippen LogP contribution in [0.2, 0.25) is 0 Å². The second-order valence-corrected chi connectivity index (χ2v) is 6.84. The molecule has 2 aromatic heterocycles. The maximum absolute atomic E-state index is 12.6. The van der Waals surface area contributed by atoms with Crippen molar-refractivity contribution >= 4 is 11.9 Å². The maximum atomic E-state index is 12.6. The van der Waals surface area contributed by atoms with Crippen LogP contribution < -0.4 is 10.5 Å². The van der Waals surface area contributed by atoms with E-state index >= 15 is 0 Å². The number of nitrogens with two attached hydrogens (primary N) is 1. The van der Waals surface area contributed by atoms with Gasteiger partial charge in [-0.2, -0.15) is 13.2 Å². The highest BCUT2D eigenvalue weighted by Crippen LogP contribution is 2.20. The average molecular weight is 440 g/mol. The summed E-state index contributed by atoms with van der Waals surface area (Å²) >= 11 is 0. The SMILES string of the molecule is Cc1cc(CN)cc(O[C@H]2CCCN(C(=O)c3cccnc3)C2)n1.O=C(O)C(F)(F)F. The van der Waals surface area contributed by atoms with Gasteiger partial charge in [-0.05, 0) is 43.5 Å². The lowest BCUT2D eigenvalue weighted by Crippen LogP contribution is -2.44. The first kappa shape index (κ1) is 24.1. The Labute approximate surface area is 176 Å². The molecule has 0 saturated carbocycles. The van der Waals surface area contributed by atoms with E-state index in [0.29, 0.717) is 24.5 Å². The van der Waals surface area contributed by atoms with Crippen LogP contribution in [-0.2, 0) is 11.3 Å². The Hall–Kier alpha value is -3.21. The molecule has 168 valence electrons. The van der Waals surface area contributed by atoms with E-state index < -0.39 is 12.1 Å². The molecule has 1 amide bonds. The Kier molecular flexibility index (Phi) is 8.31. The predicted octanol–water partition coefficient (Wildman–Crippen LogP) is 2.56. The van der Waals surface area contributed by atoms with E-state index in [-0.39, 0.29) is 12.0 Å². The highest BCUT2D eigenvalue weighted by atomic mass is 19.4. The van der Waals surface area contributed by atoms with Crippen molar-refractivity contribution in [2.24, 2.45) is 5.73 Å². The molecule has 1 aliphatic rings. The molecule has 2 aromatic rings. The minimum Gasteiger partial charge on any atom is -0.475 e. The fraction of sp³-hybridized carbons (Fsp3) is 0.400. The Bertz CT molecular complexity index is 894. The largest absolute Gasteiger partial charge is 0.490 e. The molecule has 1 fully saturated rings. The van der Waals surface area contributed by atoms with Crippen LogP contribution in [0.4, 0.5) is 13.2 Å². The van der Waals surface area contributed by atoms with Crippen LogP contribution in [0.25, 0.3) is 0 Å². The van der Waals surface area contributed by atoms with Gasteiger partial charge in [0.2, 0.25) is 5.88 Å². The summed E-state index contributed by atoms with van der Waals surface area (Å²) in [5.74, 6) is -2.18. The van der Waals surface area contributed by atoms with Crippen molar-refractivity contribution in [1.29, 1.82) is 0 Å². The van der Waals surface area contributed by atoms with Crippen LogP contribution in [0.5, 0.6) is 5.88 Å². The number of ether oxygens (including phenoxy) is 1. The summed E-state index contributed by atoms with van der Waals surface area (Å²) in [6.07, 6.45) is -0.0598. The number of rotatable bonds is 4. The second-order valence-electron chi connectivity index (χ2n) is 6.84. The summed E-state index contributed by atoms with van der Waals surface area (Å²) in [7, 11) is 0. The molecule has 8 nitrogen and oxygen atoms in total. The van der Waals surface area contributed by atoms with Crippen LogP contribution in [0.3, 0.4) is 0 Å². The molecule has 0 bridgehead atoms. The van der Waals surface area contributed by atoms with Crippen molar-refractivity contribution in [3.05, 3.63) is 53.5 Å². The van der Waals surface area contributed by atoms with E-state index in [2.05, 4.69) is 9.97 Å². The number of halogens is 3. The monoisotopic (exact) mass is 440 g/mol. The molecule has 1 aliphatic heterocycles. The quantitative estimate of drug-likeness (QED) is 0.750. The molecule has 1 atom stereocenters. The Morgan fingerprint density at radius 1 is 1.35 bits per heavy atom. The van der Waals surface area contributed by atoms with Gasteiger partial charge in [0.25, 0.3) is 5.91 Å². The highest BCUT2D eigenvalue weighted by molar-refractivity contribution is 5.93. The molecule has 3 rings (SSSR count). The number of nitrogens with zero attached hydrogens (tertiary/aromatic N) is 3. The third-order valence-electron chi connectivity index (χ3n) is 4.33. The van der Waals surface area contributed by atoms with Crippen molar-refractivity contribution in [2.45, 2.75) is 38.6 Å². The molecule has 31 heavy (non-hydrogen) atoms. The molecule has 3 N–H and O–H groups in total. The molecule has 0 spiro atoms. The van der Waals surface area contributed by atoms with E-state index in [1.165, 1.54) is 0 Å². The lowest BCUT2D eigenvalue weighted by atomic mass is 10.1. The van der Waals surface area contributed by atoms with Crippen LogP contribution in [0, 0.1) is 6.92 Å². The van der Waals surface area contributed by atoms with Gasteiger partial charge in [-0.1, -0.05) is 0 Å². The predicted molar refractivity (Wildman–Crippen MR) is 104 cm³/mol. The summed E-state index contributed by atoms with van der Waals surface area (Å²) < 4.78 is 37.8. The van der Waals surface area contributed by atoms with Crippen LogP contribution in [0.1, 0.15) is 34.5 Å². The number of aromatic nitrogens is 2. The van der Waals surface area contributed by atoms with Crippen molar-refractivity contribution in [3.63, 3.8) is 0 Å². The summed E-state index contributed by atoms with van der Waals surface area (Å²) in [4.78, 5) is 31.7. The average Bonchev–Trinajstić information content (AvgIpc) is 2.73. The van der Waals surface area contributed by atoms with Gasteiger partial charge in [0, 0.05) is 37.2 Å². The number of carboxylic acid groups (broad SMARTS) is 1. The first-order valence-corrected chi connectivity index (χ1v) is 9.44. The number of pyridine rings is 2. The minimum absolute atomic E-state index is 0.00347. The number of carbonyl (C=O) groups is 2. The molecule has 1 saturated heterocycles. The van der Waals surface area contributed by atoms with E-state index in [9.17, 15) is 18.0 Å². The van der Waals surface area contributed by atoms with Gasteiger partial charge >= 0.3 is 12.1 Å². The molecule has 0 aliphatic carbocycles. The summed E-state index contributed by atoms with van der Waals surface area (Å²) in [5.41, 5.74) is 8.19. The van der Waals surface area contributed by atoms with Gasteiger partial charge in [-0.15, -0.1) is 0 Å². The van der Waals surface area contributed by atoms with Crippen LogP contribution in [-0.4, -0.2) is 57.2 Å². The molecule has 0 unspecified atom stereocenters. The number of carboxylic acids is 1. The summed E-state index contributed by atoms with van der Waals surface area (Å²) in [6, 6.07) is 7.38. The van der Waals surface area contributed by atoms with E-state index in [0.717, 1.165) is 30.6 Å². The fourth-order valence-corrected chi connectivity index (χ4v) is 2.95. The van der Waals surface area contributed by atoms with Crippen LogP contribution in [0.15, 0.2) is 36.7 Å². The van der Waals surface area contributed by atoms with Crippen LogP contribution >= 0.6 is 0 Å². The number of hydrogen-bond donors (Lipinski definition) is 2. The molecular weight excluding hydrogens is 417 g/mol. The zero-order chi connectivity index (χ0) is 23.0. The number of piperidine rings is 1. The van der Waals surface area contributed by atoms with E-state index in [1.807, 2.05) is 24.0 Å². The summed E-state index contributed by atoms with van der Waals surface area (Å²) in [6.45, 7) is 3.67. The van der Waals surface area contributed by atoms with E-state index in [4.69, 9.17) is 20.4 Å². The first-order chi connectivity index (χ1) is 14.6. The minimum atomic E-state index is -5.08. The standard InChI is InChI=1S/C18H22N4O2.C2HF3O2/c1-13-8-14(10-19)9-17(21-13)24-16-5-3-7-22(12-16)18(23)15-4-2-6-20-11-15;3-2(4,5)1(6)7/h2,4,6,8-9,11,16H,3,5,7,10,12,19H2,1H3;(H,6,7)/t16-;/m0./s1. The van der Waals surface area contributed by atoms with Crippen molar-refractivity contribution in [1.82, 2.24) is 14.9 Å². The highest BCUT2D eigenvalue weighted by Gasteiger charge is 2.38. The lowest BCUT2D eigenvalue weighted by Gasteiger charge is -2.32. The van der Waals surface area contributed by atoms with Gasteiger partial charge in [0.05, 0.1) is 12.1 Å². The van der Waals surface area contributed by atoms with E-state index in [1.54, 1.807) is 24.5 Å². The maximum Gasteiger partial charge on any atom is 0.490 e.